The van der Waals surface area contributed by atoms with Gasteiger partial charge in [0.1, 0.15) is 5.60 Å². The number of amides is 1. The smallest absolute Gasteiger partial charge is 0.410 e. The Kier molecular flexibility index (Phi) is 4.86. The molecule has 0 radical (unpaired) electrons. The van der Waals surface area contributed by atoms with Gasteiger partial charge in [-0.1, -0.05) is 0 Å². The molecule has 0 atom stereocenters. The third-order valence-corrected chi connectivity index (χ3v) is 4.71. The number of nitrogens with one attached hydrogen (secondary N) is 1. The second-order valence-electron chi connectivity index (χ2n) is 8.29. The van der Waals surface area contributed by atoms with Crippen LogP contribution in [0.2, 0.25) is 0 Å². The van der Waals surface area contributed by atoms with Gasteiger partial charge < -0.3 is 15.0 Å². The van der Waals surface area contributed by atoms with Crippen LogP contribution in [0.25, 0.3) is 0 Å². The molecule has 2 rings (SSSR count). The van der Waals surface area contributed by atoms with Crippen LogP contribution in [-0.4, -0.2) is 41.8 Å². The zero-order valence-corrected chi connectivity index (χ0v) is 14.4. The summed E-state index contributed by atoms with van der Waals surface area (Å²) in [5.74, 6) is 1.54. The predicted octanol–water partition coefficient (Wildman–Crippen LogP) is 3.41. The first-order valence-electron chi connectivity index (χ1n) is 8.40. The highest BCUT2D eigenvalue weighted by atomic mass is 16.6. The largest absolute Gasteiger partial charge is 0.444 e. The highest BCUT2D eigenvalue weighted by Gasteiger charge is 2.37. The summed E-state index contributed by atoms with van der Waals surface area (Å²) in [7, 11) is 0. The molecule has 1 saturated carbocycles. The summed E-state index contributed by atoms with van der Waals surface area (Å²) >= 11 is 0. The minimum atomic E-state index is -0.399. The van der Waals surface area contributed by atoms with Crippen molar-refractivity contribution in [2.24, 2.45) is 11.8 Å². The molecule has 21 heavy (non-hydrogen) atoms. The topological polar surface area (TPSA) is 41.6 Å². The van der Waals surface area contributed by atoms with Gasteiger partial charge in [-0.15, -0.1) is 0 Å². The van der Waals surface area contributed by atoms with E-state index in [9.17, 15) is 4.79 Å². The molecule has 1 heterocycles. The Morgan fingerprint density at radius 2 is 1.67 bits per heavy atom. The fourth-order valence-electron chi connectivity index (χ4n) is 3.00. The number of nitrogens with zero attached hydrogens (tertiary/aromatic N) is 1. The molecule has 1 amide bonds. The molecule has 0 spiro atoms. The molecule has 0 aromatic heterocycles. The van der Waals surface area contributed by atoms with E-state index in [1.807, 2.05) is 25.7 Å². The molecule has 0 bridgehead atoms. The van der Waals surface area contributed by atoms with Crippen molar-refractivity contribution in [2.75, 3.05) is 19.6 Å². The maximum absolute atomic E-state index is 12.0. The van der Waals surface area contributed by atoms with Crippen LogP contribution < -0.4 is 5.32 Å². The number of hydrogen-bond donors (Lipinski definition) is 1. The summed E-state index contributed by atoms with van der Waals surface area (Å²) in [5.41, 5.74) is -0.119. The first-order chi connectivity index (χ1) is 9.67. The number of hydrogen-bond acceptors (Lipinski definition) is 3. The Morgan fingerprint density at radius 3 is 2.14 bits per heavy atom. The monoisotopic (exact) mass is 296 g/mol. The molecule has 1 saturated heterocycles. The van der Waals surface area contributed by atoms with E-state index in [0.717, 1.165) is 38.4 Å². The fraction of sp³-hybridized carbons (Fsp3) is 0.941. The lowest BCUT2D eigenvalue weighted by Gasteiger charge is -2.35. The second-order valence-corrected chi connectivity index (χ2v) is 8.29. The molecule has 2 aliphatic rings. The zero-order valence-electron chi connectivity index (χ0n) is 14.4. The lowest BCUT2D eigenvalue weighted by Crippen LogP contribution is -2.47. The Bertz CT molecular complexity index is 361. The van der Waals surface area contributed by atoms with Gasteiger partial charge in [0.2, 0.25) is 0 Å². The summed E-state index contributed by atoms with van der Waals surface area (Å²) in [6, 6.07) is 0. The maximum Gasteiger partial charge on any atom is 0.410 e. The Morgan fingerprint density at radius 1 is 1.10 bits per heavy atom. The summed E-state index contributed by atoms with van der Waals surface area (Å²) in [6.45, 7) is 13.1. The molecular weight excluding hydrogens is 264 g/mol. The van der Waals surface area contributed by atoms with Crippen LogP contribution >= 0.6 is 0 Å². The van der Waals surface area contributed by atoms with Crippen LogP contribution in [0.1, 0.15) is 60.3 Å². The quantitative estimate of drug-likeness (QED) is 0.864. The molecule has 1 aliphatic carbocycles. The predicted molar refractivity (Wildman–Crippen MR) is 85.3 cm³/mol. The molecule has 4 nitrogen and oxygen atoms in total. The van der Waals surface area contributed by atoms with E-state index in [1.165, 1.54) is 12.8 Å². The van der Waals surface area contributed by atoms with Crippen LogP contribution in [0.5, 0.6) is 0 Å². The average Bonchev–Trinajstić information content (AvgIpc) is 3.19. The van der Waals surface area contributed by atoms with Crippen molar-refractivity contribution in [3.05, 3.63) is 0 Å². The highest BCUT2D eigenvalue weighted by molar-refractivity contribution is 5.68. The van der Waals surface area contributed by atoms with Gasteiger partial charge in [0, 0.05) is 18.6 Å². The Hall–Kier alpha value is -0.770. The van der Waals surface area contributed by atoms with Crippen LogP contribution in [0.3, 0.4) is 0 Å². The van der Waals surface area contributed by atoms with Crippen LogP contribution in [0, 0.1) is 11.8 Å². The van der Waals surface area contributed by atoms with Crippen molar-refractivity contribution in [1.29, 1.82) is 0 Å². The van der Waals surface area contributed by atoms with Gasteiger partial charge in [-0.2, -0.15) is 0 Å². The molecule has 4 heteroatoms. The molecule has 2 fully saturated rings. The van der Waals surface area contributed by atoms with E-state index in [0.29, 0.717) is 5.92 Å². The number of carbonyl (C=O) groups is 1. The van der Waals surface area contributed by atoms with Gasteiger partial charge in [-0.25, -0.2) is 4.79 Å². The van der Waals surface area contributed by atoms with E-state index in [1.54, 1.807) is 0 Å². The molecule has 0 unspecified atom stereocenters. The van der Waals surface area contributed by atoms with Crippen molar-refractivity contribution in [3.8, 4) is 0 Å². The lowest BCUT2D eigenvalue weighted by atomic mass is 9.93. The van der Waals surface area contributed by atoms with E-state index < -0.39 is 5.60 Å². The van der Waals surface area contributed by atoms with Crippen molar-refractivity contribution >= 4 is 6.09 Å². The first kappa shape index (κ1) is 16.6. The van der Waals surface area contributed by atoms with Gasteiger partial charge in [-0.05, 0) is 78.7 Å². The molecule has 0 aromatic carbocycles. The fourth-order valence-corrected chi connectivity index (χ4v) is 3.00. The van der Waals surface area contributed by atoms with Gasteiger partial charge in [0.15, 0.2) is 0 Å². The van der Waals surface area contributed by atoms with Gasteiger partial charge in [0.25, 0.3) is 0 Å². The minimum absolute atomic E-state index is 0.160. The van der Waals surface area contributed by atoms with E-state index >= 15 is 0 Å². The first-order valence-corrected chi connectivity index (χ1v) is 8.40. The van der Waals surface area contributed by atoms with Gasteiger partial charge >= 0.3 is 6.09 Å². The molecule has 0 aromatic rings. The number of piperidine rings is 1. The lowest BCUT2D eigenvalue weighted by molar-refractivity contribution is 0.0181. The number of rotatable bonds is 4. The van der Waals surface area contributed by atoms with Gasteiger partial charge in [-0.3, -0.25) is 0 Å². The highest BCUT2D eigenvalue weighted by Crippen LogP contribution is 2.39. The van der Waals surface area contributed by atoms with Crippen molar-refractivity contribution in [1.82, 2.24) is 10.2 Å². The molecular formula is C17H32N2O2. The van der Waals surface area contributed by atoms with Crippen molar-refractivity contribution in [3.63, 3.8) is 0 Å². The van der Waals surface area contributed by atoms with Gasteiger partial charge in [0.05, 0.1) is 0 Å². The second kappa shape index (κ2) is 6.15. The Labute approximate surface area is 129 Å². The average molecular weight is 296 g/mol. The molecule has 122 valence electrons. The van der Waals surface area contributed by atoms with Crippen LogP contribution in [0.15, 0.2) is 0 Å². The molecule has 1 N–H and O–H groups in total. The van der Waals surface area contributed by atoms with Crippen LogP contribution in [-0.2, 0) is 4.74 Å². The van der Waals surface area contributed by atoms with E-state index in [2.05, 4.69) is 19.2 Å². The maximum atomic E-state index is 12.0. The summed E-state index contributed by atoms with van der Waals surface area (Å²) in [5, 5.41) is 3.74. The summed E-state index contributed by atoms with van der Waals surface area (Å²) < 4.78 is 5.44. The van der Waals surface area contributed by atoms with Crippen molar-refractivity contribution in [2.45, 2.75) is 71.4 Å². The van der Waals surface area contributed by atoms with E-state index in [-0.39, 0.29) is 11.6 Å². The van der Waals surface area contributed by atoms with Crippen LogP contribution in [0.4, 0.5) is 4.79 Å². The third kappa shape index (κ3) is 5.17. The summed E-state index contributed by atoms with van der Waals surface area (Å²) in [6.07, 6.45) is 4.74. The number of carbonyl (C=O) groups excluding carboxylic acids is 1. The number of likely N-dealkylation sites (tertiary alicyclic amines) is 1. The number of ether oxygens (including phenoxy) is 1. The normalized spacial score (nSPS) is 21.5. The standard InChI is InChI=1S/C17H32N2O2/c1-16(2,3)21-15(20)19-10-8-13(9-11-19)12-18-17(4,5)14-6-7-14/h13-14,18H,6-12H2,1-5H3. The minimum Gasteiger partial charge on any atom is -0.444 e. The summed E-state index contributed by atoms with van der Waals surface area (Å²) in [4.78, 5) is 13.9. The molecule has 1 aliphatic heterocycles. The SMILES string of the molecule is CC(C)(C)OC(=O)N1CCC(CNC(C)(C)C2CC2)CC1. The van der Waals surface area contributed by atoms with E-state index in [4.69, 9.17) is 4.74 Å². The Balaban J connectivity index is 1.69. The third-order valence-electron chi connectivity index (χ3n) is 4.71. The zero-order chi connectivity index (χ0) is 15.7. The van der Waals surface area contributed by atoms with Crippen molar-refractivity contribution < 1.29 is 9.53 Å².